The van der Waals surface area contributed by atoms with Crippen LogP contribution in [0.2, 0.25) is 0 Å². The van der Waals surface area contributed by atoms with Crippen LogP contribution in [-0.2, 0) is 19.7 Å². The van der Waals surface area contributed by atoms with E-state index in [1.165, 1.54) is 18.3 Å². The van der Waals surface area contributed by atoms with Crippen LogP contribution in [0, 0.1) is 0 Å². The fraction of sp³-hybridized carbons (Fsp3) is 0.364. The van der Waals surface area contributed by atoms with Crippen LogP contribution in [0.1, 0.15) is 27.7 Å². The first-order valence-corrected chi connectivity index (χ1v) is 11.8. The first-order chi connectivity index (χ1) is 15.0. The maximum atomic E-state index is 12.8. The van der Waals surface area contributed by atoms with Crippen LogP contribution in [-0.4, -0.2) is 46.2 Å². The van der Waals surface area contributed by atoms with E-state index in [1.807, 2.05) is 31.2 Å². The first kappa shape index (κ1) is 21.9. The number of nitrogens with zero attached hydrogens (tertiary/aromatic N) is 3. The van der Waals surface area contributed by atoms with Crippen LogP contribution < -0.4 is 18.8 Å². The molecule has 170 valence electrons. The highest BCUT2D eigenvalue weighted by Crippen LogP contribution is 2.42. The van der Waals surface area contributed by atoms with E-state index in [-0.39, 0.29) is 18.1 Å². The van der Waals surface area contributed by atoms with Gasteiger partial charge in [0, 0.05) is 20.5 Å². The number of rotatable bonds is 2. The van der Waals surface area contributed by atoms with E-state index in [2.05, 4.69) is 4.72 Å². The van der Waals surface area contributed by atoms with Crippen molar-refractivity contribution in [3.05, 3.63) is 36.4 Å². The number of benzene rings is 2. The quantitative estimate of drug-likeness (QED) is 0.742. The zero-order valence-corrected chi connectivity index (χ0v) is 19.4. The molecule has 4 rings (SSSR count). The van der Waals surface area contributed by atoms with Gasteiger partial charge in [0.1, 0.15) is 0 Å². The highest BCUT2D eigenvalue weighted by atomic mass is 32.2. The van der Waals surface area contributed by atoms with Crippen molar-refractivity contribution in [1.29, 1.82) is 0 Å². The lowest BCUT2D eigenvalue weighted by molar-refractivity contribution is -0.117. The molecule has 1 N–H and O–H groups in total. The Morgan fingerprint density at radius 1 is 1.06 bits per heavy atom. The predicted octanol–water partition coefficient (Wildman–Crippen LogP) is 3.57. The number of anilines is 4. The number of hydrogen-bond acceptors (Lipinski definition) is 5. The maximum absolute atomic E-state index is 12.8. The molecule has 0 bridgehead atoms. The Balaban J connectivity index is 1.81. The van der Waals surface area contributed by atoms with Gasteiger partial charge in [-0.2, -0.15) is 8.42 Å². The lowest BCUT2D eigenvalue weighted by atomic mass is 10.00. The van der Waals surface area contributed by atoms with E-state index in [0.717, 1.165) is 11.1 Å². The Hall–Kier alpha value is -3.27. The van der Waals surface area contributed by atoms with E-state index in [1.54, 1.807) is 35.8 Å². The van der Waals surface area contributed by atoms with E-state index >= 15 is 0 Å². The fourth-order valence-corrected chi connectivity index (χ4v) is 5.12. The van der Waals surface area contributed by atoms with Crippen molar-refractivity contribution in [3.63, 3.8) is 0 Å². The van der Waals surface area contributed by atoms with E-state index in [9.17, 15) is 18.0 Å². The number of fused-ring (bicyclic) bond motifs is 2. The highest BCUT2D eigenvalue weighted by Gasteiger charge is 2.35. The average molecular weight is 459 g/mol. The molecule has 0 spiro atoms. The largest absolute Gasteiger partial charge is 0.446 e. The van der Waals surface area contributed by atoms with E-state index < -0.39 is 16.3 Å². The number of hydrogen-bond donors (Lipinski definition) is 1. The minimum absolute atomic E-state index is 0.112. The van der Waals surface area contributed by atoms with Crippen molar-refractivity contribution < 1.29 is 22.7 Å². The zero-order valence-electron chi connectivity index (χ0n) is 18.6. The Kier molecular flexibility index (Phi) is 5.28. The van der Waals surface area contributed by atoms with Gasteiger partial charge < -0.3 is 9.64 Å². The minimum atomic E-state index is -3.58. The third-order valence-corrected chi connectivity index (χ3v) is 6.97. The second kappa shape index (κ2) is 7.70. The molecule has 10 heteroatoms. The highest BCUT2D eigenvalue weighted by molar-refractivity contribution is 7.94. The second-order valence-corrected chi connectivity index (χ2v) is 9.99. The molecule has 2 aliphatic heterocycles. The third kappa shape index (κ3) is 3.64. The SMILES string of the molecule is CC(=O)N1c2ccc(-c3ccc4c(c3)N(C)S(=O)(=O)N4)cc2N(C(=O)OC(C)C)C[C@@H]1C. The van der Waals surface area contributed by atoms with Gasteiger partial charge in [-0.15, -0.1) is 0 Å². The summed E-state index contributed by atoms with van der Waals surface area (Å²) in [5.74, 6) is -0.112. The number of carbonyl (C=O) groups is 2. The van der Waals surface area contributed by atoms with E-state index in [0.29, 0.717) is 29.3 Å². The summed E-state index contributed by atoms with van der Waals surface area (Å²) in [6.07, 6.45) is -0.755. The van der Waals surface area contributed by atoms with Gasteiger partial charge in [0.05, 0.1) is 34.9 Å². The number of ether oxygens (including phenoxy) is 1. The topological polar surface area (TPSA) is 99.3 Å². The molecule has 0 radical (unpaired) electrons. The summed E-state index contributed by atoms with van der Waals surface area (Å²) in [5, 5.41) is 0. The van der Waals surface area contributed by atoms with Crippen LogP contribution in [0.4, 0.5) is 27.5 Å². The summed E-state index contributed by atoms with van der Waals surface area (Å²) in [4.78, 5) is 28.4. The van der Waals surface area contributed by atoms with Gasteiger partial charge in [0.15, 0.2) is 0 Å². The van der Waals surface area contributed by atoms with Crippen molar-refractivity contribution in [1.82, 2.24) is 0 Å². The minimum Gasteiger partial charge on any atom is -0.446 e. The number of amides is 2. The van der Waals surface area contributed by atoms with Crippen LogP contribution >= 0.6 is 0 Å². The molecule has 0 saturated heterocycles. The summed E-state index contributed by atoms with van der Waals surface area (Å²) < 4.78 is 33.4. The smallest absolute Gasteiger partial charge is 0.414 e. The molecule has 1 atom stereocenters. The van der Waals surface area contributed by atoms with Crippen LogP contribution in [0.3, 0.4) is 0 Å². The second-order valence-electron chi connectivity index (χ2n) is 8.29. The number of nitrogens with one attached hydrogen (secondary N) is 1. The monoisotopic (exact) mass is 458 g/mol. The van der Waals surface area contributed by atoms with Crippen molar-refractivity contribution >= 4 is 45.0 Å². The zero-order chi connectivity index (χ0) is 23.4. The molecule has 0 unspecified atom stereocenters. The molecule has 0 aliphatic carbocycles. The molecule has 0 saturated carbocycles. The molecule has 0 fully saturated rings. The molecule has 2 aliphatic rings. The van der Waals surface area contributed by atoms with Gasteiger partial charge in [-0.05, 0) is 56.2 Å². The summed E-state index contributed by atoms with van der Waals surface area (Å²) in [5.41, 5.74) is 3.81. The summed E-state index contributed by atoms with van der Waals surface area (Å²) in [6, 6.07) is 10.6. The third-order valence-electron chi connectivity index (χ3n) is 5.58. The van der Waals surface area contributed by atoms with Crippen LogP contribution in [0.5, 0.6) is 0 Å². The number of carbonyl (C=O) groups excluding carboxylic acids is 2. The molecule has 0 aromatic heterocycles. The molecule has 2 aromatic carbocycles. The maximum Gasteiger partial charge on any atom is 0.414 e. The normalized spacial score (nSPS) is 18.8. The van der Waals surface area contributed by atoms with Crippen molar-refractivity contribution in [2.75, 3.05) is 32.4 Å². The lowest BCUT2D eigenvalue weighted by Crippen LogP contribution is -2.51. The molecule has 32 heavy (non-hydrogen) atoms. The summed E-state index contributed by atoms with van der Waals surface area (Å²) in [7, 11) is -2.10. The summed E-state index contributed by atoms with van der Waals surface area (Å²) >= 11 is 0. The first-order valence-electron chi connectivity index (χ1n) is 10.3. The van der Waals surface area contributed by atoms with Gasteiger partial charge in [-0.25, -0.2) is 4.79 Å². The predicted molar refractivity (Wildman–Crippen MR) is 124 cm³/mol. The van der Waals surface area contributed by atoms with Crippen LogP contribution in [0.25, 0.3) is 11.1 Å². The fourth-order valence-electron chi connectivity index (χ4n) is 4.12. The average Bonchev–Trinajstić information content (AvgIpc) is 2.94. The standard InChI is InChI=1S/C22H26N4O5S/c1-13(2)31-22(28)25-12-14(3)26(15(4)27)19-9-7-17(11-21(19)25)16-6-8-18-20(10-16)24(5)32(29,30)23-18/h6-11,13-14,23H,12H2,1-5H3/t14-/m0/s1. The molecule has 2 heterocycles. The summed E-state index contributed by atoms with van der Waals surface area (Å²) in [6.45, 7) is 7.26. The van der Waals surface area contributed by atoms with E-state index in [4.69, 9.17) is 4.74 Å². The van der Waals surface area contributed by atoms with Gasteiger partial charge in [0.25, 0.3) is 0 Å². The molecule has 2 amide bonds. The van der Waals surface area contributed by atoms with Gasteiger partial charge in [-0.3, -0.25) is 18.7 Å². The Morgan fingerprint density at radius 3 is 2.31 bits per heavy atom. The molecular formula is C22H26N4O5S. The van der Waals surface area contributed by atoms with Gasteiger partial charge >= 0.3 is 16.3 Å². The molecule has 9 nitrogen and oxygen atoms in total. The van der Waals surface area contributed by atoms with Crippen molar-refractivity contribution in [3.8, 4) is 11.1 Å². The van der Waals surface area contributed by atoms with Crippen molar-refractivity contribution in [2.24, 2.45) is 0 Å². The van der Waals surface area contributed by atoms with Gasteiger partial charge in [-0.1, -0.05) is 12.1 Å². The van der Waals surface area contributed by atoms with Gasteiger partial charge in [0.2, 0.25) is 5.91 Å². The molecule has 2 aromatic rings. The lowest BCUT2D eigenvalue weighted by Gasteiger charge is -2.40. The Labute approximate surface area is 187 Å². The molecular weight excluding hydrogens is 432 g/mol. The Morgan fingerprint density at radius 2 is 1.69 bits per heavy atom. The van der Waals surface area contributed by atoms with Crippen molar-refractivity contribution in [2.45, 2.75) is 39.8 Å². The van der Waals surface area contributed by atoms with Crippen LogP contribution in [0.15, 0.2) is 36.4 Å². The Bertz CT molecular complexity index is 1210.